The summed E-state index contributed by atoms with van der Waals surface area (Å²) in [5.74, 6) is -0.683. The molecule has 0 aliphatic carbocycles. The summed E-state index contributed by atoms with van der Waals surface area (Å²) in [7, 11) is 0. The topological polar surface area (TPSA) is 43.1 Å². The number of nitrogens with two attached hydrogens (primary N) is 1. The molecule has 0 bridgehead atoms. The van der Waals surface area contributed by atoms with Crippen LogP contribution in [0.2, 0.25) is 0 Å². The molecule has 0 atom stereocenters. The largest absolute Gasteiger partial charge is 0.396 e. The minimum atomic E-state index is -0.532. The van der Waals surface area contributed by atoms with E-state index in [0.29, 0.717) is 14.9 Å². The number of benzene rings is 1. The van der Waals surface area contributed by atoms with Crippen molar-refractivity contribution in [3.05, 3.63) is 49.9 Å². The molecule has 88 valence electrons. The van der Waals surface area contributed by atoms with Gasteiger partial charge in [-0.2, -0.15) is 0 Å². The molecule has 1 aromatic carbocycles. The average Bonchev–Trinajstić information content (AvgIpc) is 2.69. The number of rotatable bonds is 2. The maximum atomic E-state index is 13.2. The van der Waals surface area contributed by atoms with Gasteiger partial charge in [0.1, 0.15) is 5.82 Å². The molecular weight excluding hydrogens is 305 g/mol. The van der Waals surface area contributed by atoms with Crippen LogP contribution < -0.4 is 5.73 Å². The number of nitrogen functional groups attached to an aromatic ring is 1. The van der Waals surface area contributed by atoms with Gasteiger partial charge in [0.15, 0.2) is 0 Å². The van der Waals surface area contributed by atoms with Gasteiger partial charge >= 0.3 is 0 Å². The van der Waals surface area contributed by atoms with E-state index < -0.39 is 5.82 Å². The first kappa shape index (κ1) is 12.3. The van der Waals surface area contributed by atoms with E-state index in [1.165, 1.54) is 23.5 Å². The van der Waals surface area contributed by atoms with Crippen LogP contribution in [0.15, 0.2) is 28.7 Å². The van der Waals surface area contributed by atoms with Crippen molar-refractivity contribution in [1.29, 1.82) is 0 Å². The normalized spacial score (nSPS) is 10.5. The van der Waals surface area contributed by atoms with Gasteiger partial charge in [-0.1, -0.05) is 0 Å². The molecule has 1 heterocycles. The molecule has 0 saturated carbocycles. The maximum absolute atomic E-state index is 13.2. The molecule has 5 heteroatoms. The summed E-state index contributed by atoms with van der Waals surface area (Å²) in [6, 6.07) is 6.20. The average molecular weight is 314 g/mol. The summed E-state index contributed by atoms with van der Waals surface area (Å²) in [6.07, 6.45) is 0. The number of aryl methyl sites for hydroxylation is 1. The Morgan fingerprint density at radius 1 is 1.41 bits per heavy atom. The minimum absolute atomic E-state index is 0.0233. The first-order valence-electron chi connectivity index (χ1n) is 4.84. The van der Waals surface area contributed by atoms with Crippen LogP contribution in [-0.4, -0.2) is 5.78 Å². The van der Waals surface area contributed by atoms with Crippen molar-refractivity contribution >= 4 is 38.7 Å². The summed E-state index contributed by atoms with van der Waals surface area (Å²) in [4.78, 5) is 13.8. The third-order valence-corrected chi connectivity index (χ3v) is 3.95. The van der Waals surface area contributed by atoms with Crippen molar-refractivity contribution in [2.45, 2.75) is 6.92 Å². The van der Waals surface area contributed by atoms with Crippen LogP contribution in [-0.2, 0) is 0 Å². The molecule has 0 fully saturated rings. The molecule has 0 aliphatic heterocycles. The molecule has 2 N–H and O–H groups in total. The van der Waals surface area contributed by atoms with Crippen molar-refractivity contribution in [3.8, 4) is 0 Å². The van der Waals surface area contributed by atoms with E-state index >= 15 is 0 Å². The van der Waals surface area contributed by atoms with Crippen molar-refractivity contribution in [1.82, 2.24) is 0 Å². The molecule has 17 heavy (non-hydrogen) atoms. The molecule has 0 amide bonds. The smallest absolute Gasteiger partial charge is 0.204 e. The Kier molecular flexibility index (Phi) is 3.31. The highest BCUT2D eigenvalue weighted by Gasteiger charge is 2.16. The highest BCUT2D eigenvalue weighted by atomic mass is 79.9. The van der Waals surface area contributed by atoms with E-state index in [2.05, 4.69) is 15.9 Å². The Bertz CT molecular complexity index is 594. The van der Waals surface area contributed by atoms with Crippen LogP contribution in [0.4, 0.5) is 10.1 Å². The number of anilines is 1. The van der Waals surface area contributed by atoms with Crippen molar-refractivity contribution < 1.29 is 9.18 Å². The number of ketones is 1. The molecule has 0 saturated heterocycles. The molecule has 2 aromatic rings. The van der Waals surface area contributed by atoms with E-state index in [1.54, 1.807) is 6.07 Å². The lowest BCUT2D eigenvalue weighted by atomic mass is 10.1. The fraction of sp³-hybridized carbons (Fsp3) is 0.0833. The summed E-state index contributed by atoms with van der Waals surface area (Å²) < 4.78 is 13.6. The highest BCUT2D eigenvalue weighted by Crippen LogP contribution is 2.27. The van der Waals surface area contributed by atoms with Crippen molar-refractivity contribution in [2.24, 2.45) is 0 Å². The third-order valence-electron chi connectivity index (χ3n) is 2.30. The first-order chi connectivity index (χ1) is 7.99. The number of hydrogen-bond acceptors (Lipinski definition) is 3. The monoisotopic (exact) mass is 313 g/mol. The van der Waals surface area contributed by atoms with Crippen LogP contribution in [0.3, 0.4) is 0 Å². The zero-order valence-electron chi connectivity index (χ0n) is 8.96. The predicted molar refractivity (Wildman–Crippen MR) is 71.0 cm³/mol. The lowest BCUT2D eigenvalue weighted by Crippen LogP contribution is -2.02. The Labute approximate surface area is 110 Å². The van der Waals surface area contributed by atoms with E-state index in [4.69, 9.17) is 5.73 Å². The zero-order chi connectivity index (χ0) is 12.6. The number of carbonyl (C=O) groups is 1. The quantitative estimate of drug-likeness (QED) is 0.677. The standard InChI is InChI=1S/C12H9BrFNOS/c1-6-2-3-11(17-6)12(16)7-4-10(15)9(14)5-8(7)13/h2-5H,15H2,1H3. The Hall–Kier alpha value is -1.20. The van der Waals surface area contributed by atoms with Gasteiger partial charge in [-0.15, -0.1) is 11.3 Å². The number of thiophene rings is 1. The van der Waals surface area contributed by atoms with Gasteiger partial charge in [0, 0.05) is 14.9 Å². The summed E-state index contributed by atoms with van der Waals surface area (Å²) in [5.41, 5.74) is 5.82. The molecular formula is C12H9BrFNOS. The first-order valence-corrected chi connectivity index (χ1v) is 6.45. The van der Waals surface area contributed by atoms with Gasteiger partial charge in [-0.05, 0) is 47.1 Å². The van der Waals surface area contributed by atoms with Crippen molar-refractivity contribution in [2.75, 3.05) is 5.73 Å². The maximum Gasteiger partial charge on any atom is 0.204 e. The van der Waals surface area contributed by atoms with Gasteiger partial charge in [-0.25, -0.2) is 4.39 Å². The molecule has 2 rings (SSSR count). The van der Waals surface area contributed by atoms with Gasteiger partial charge in [0.05, 0.1) is 10.6 Å². The van der Waals surface area contributed by atoms with Gasteiger partial charge in [-0.3, -0.25) is 4.79 Å². The third kappa shape index (κ3) is 2.40. The Morgan fingerprint density at radius 2 is 2.12 bits per heavy atom. The van der Waals surface area contributed by atoms with Gasteiger partial charge in [0.25, 0.3) is 0 Å². The summed E-state index contributed by atoms with van der Waals surface area (Å²) in [6.45, 7) is 1.93. The van der Waals surface area contributed by atoms with Crippen molar-refractivity contribution in [3.63, 3.8) is 0 Å². The second kappa shape index (κ2) is 4.58. The number of halogens is 2. The van der Waals surface area contributed by atoms with Gasteiger partial charge in [0.2, 0.25) is 5.78 Å². The fourth-order valence-electron chi connectivity index (χ4n) is 1.43. The van der Waals surface area contributed by atoms with Gasteiger partial charge < -0.3 is 5.73 Å². The molecule has 1 aromatic heterocycles. The van der Waals surface area contributed by atoms with E-state index in [9.17, 15) is 9.18 Å². The van der Waals surface area contributed by atoms with Crippen LogP contribution in [0.5, 0.6) is 0 Å². The van der Waals surface area contributed by atoms with E-state index in [0.717, 1.165) is 4.88 Å². The summed E-state index contributed by atoms with van der Waals surface area (Å²) in [5, 5.41) is 0. The number of carbonyl (C=O) groups excluding carboxylic acids is 1. The molecule has 0 spiro atoms. The lowest BCUT2D eigenvalue weighted by molar-refractivity contribution is 0.104. The number of hydrogen-bond donors (Lipinski definition) is 1. The Balaban J connectivity index is 2.47. The van der Waals surface area contributed by atoms with Crippen LogP contribution in [0.25, 0.3) is 0 Å². The van der Waals surface area contributed by atoms with Crippen LogP contribution in [0.1, 0.15) is 20.1 Å². The minimum Gasteiger partial charge on any atom is -0.396 e. The molecule has 2 nitrogen and oxygen atoms in total. The highest BCUT2D eigenvalue weighted by molar-refractivity contribution is 9.10. The second-order valence-corrected chi connectivity index (χ2v) is 5.74. The van der Waals surface area contributed by atoms with E-state index in [-0.39, 0.29) is 11.5 Å². The molecule has 0 radical (unpaired) electrons. The predicted octanol–water partition coefficient (Wildman–Crippen LogP) is 3.77. The van der Waals surface area contributed by atoms with E-state index in [1.807, 2.05) is 13.0 Å². The molecule has 0 aliphatic rings. The van der Waals surface area contributed by atoms with Crippen LogP contribution in [0, 0.1) is 12.7 Å². The zero-order valence-corrected chi connectivity index (χ0v) is 11.4. The lowest BCUT2D eigenvalue weighted by Gasteiger charge is -2.04. The SMILES string of the molecule is Cc1ccc(C(=O)c2cc(N)c(F)cc2Br)s1. The molecule has 0 unspecified atom stereocenters. The van der Waals surface area contributed by atoms with Crippen LogP contribution >= 0.6 is 27.3 Å². The fourth-order valence-corrected chi connectivity index (χ4v) is 2.75. The Morgan fingerprint density at radius 3 is 2.71 bits per heavy atom. The second-order valence-electron chi connectivity index (χ2n) is 3.59. The summed E-state index contributed by atoms with van der Waals surface area (Å²) >= 11 is 4.58.